The zero-order valence-electron chi connectivity index (χ0n) is 11.6. The number of hydrogen-bond donors (Lipinski definition) is 1. The van der Waals surface area contributed by atoms with Crippen molar-refractivity contribution in [3.05, 3.63) is 56.5 Å². The van der Waals surface area contributed by atoms with E-state index in [-0.39, 0.29) is 6.04 Å². The van der Waals surface area contributed by atoms with E-state index in [0.717, 1.165) is 17.3 Å². The topological polar surface area (TPSA) is 35.2 Å². The van der Waals surface area contributed by atoms with Crippen LogP contribution in [0.3, 0.4) is 0 Å². The Hall–Kier alpha value is -0.740. The van der Waals surface area contributed by atoms with Gasteiger partial charge in [0.15, 0.2) is 0 Å². The highest BCUT2D eigenvalue weighted by atomic mass is 79.9. The largest absolute Gasteiger partial charge is 0.456 e. The second-order valence-corrected chi connectivity index (χ2v) is 6.57. The molecule has 0 aliphatic rings. The van der Waals surface area contributed by atoms with Crippen molar-refractivity contribution in [2.75, 3.05) is 0 Å². The van der Waals surface area contributed by atoms with E-state index in [1.807, 2.05) is 18.2 Å². The molecule has 2 rings (SSSR count). The van der Waals surface area contributed by atoms with Crippen LogP contribution in [0.4, 0.5) is 0 Å². The van der Waals surface area contributed by atoms with E-state index in [9.17, 15) is 0 Å². The zero-order chi connectivity index (χ0) is 15.4. The molecule has 0 saturated carbocycles. The highest BCUT2D eigenvalue weighted by molar-refractivity contribution is 9.10. The Balaban J connectivity index is 2.17. The molecule has 0 aliphatic carbocycles. The number of hydrogen-bond acceptors (Lipinski definition) is 2. The predicted molar refractivity (Wildman–Crippen MR) is 92.6 cm³/mol. The van der Waals surface area contributed by atoms with Gasteiger partial charge in [0.05, 0.1) is 4.47 Å². The van der Waals surface area contributed by atoms with Crippen molar-refractivity contribution in [1.29, 1.82) is 0 Å². The fourth-order valence-corrected chi connectivity index (χ4v) is 2.93. The van der Waals surface area contributed by atoms with Gasteiger partial charge in [-0.3, -0.25) is 0 Å². The van der Waals surface area contributed by atoms with Crippen molar-refractivity contribution in [1.82, 2.24) is 0 Å². The molecule has 0 bridgehead atoms. The second kappa shape index (κ2) is 7.50. The summed E-state index contributed by atoms with van der Waals surface area (Å²) in [7, 11) is 0. The Morgan fingerprint density at radius 1 is 1.14 bits per heavy atom. The highest BCUT2D eigenvalue weighted by Crippen LogP contribution is 2.33. The first kappa shape index (κ1) is 16.6. The van der Waals surface area contributed by atoms with Crippen molar-refractivity contribution < 1.29 is 4.74 Å². The summed E-state index contributed by atoms with van der Waals surface area (Å²) in [6.45, 7) is 2.08. The molecular weight excluding hydrogens is 373 g/mol. The van der Waals surface area contributed by atoms with Crippen LogP contribution in [-0.4, -0.2) is 6.04 Å². The van der Waals surface area contributed by atoms with Crippen LogP contribution in [0.15, 0.2) is 40.9 Å². The van der Waals surface area contributed by atoms with E-state index >= 15 is 0 Å². The number of benzene rings is 2. The first-order valence-corrected chi connectivity index (χ1v) is 8.20. The zero-order valence-corrected chi connectivity index (χ0v) is 14.7. The Morgan fingerprint density at radius 3 is 2.38 bits per heavy atom. The predicted octanol–water partition coefficient (Wildman–Crippen LogP) is 5.83. The standard InChI is InChI=1S/C16H16BrCl2NO/c1-2-13(20)5-10-3-4-16(15(17)6-10)21-14-8-11(18)7-12(19)9-14/h3-4,6-9,13H,2,5,20H2,1H3. The summed E-state index contributed by atoms with van der Waals surface area (Å²) < 4.78 is 6.68. The third-order valence-corrected chi connectivity index (χ3v) is 4.14. The minimum absolute atomic E-state index is 0.176. The lowest BCUT2D eigenvalue weighted by Gasteiger charge is -2.12. The van der Waals surface area contributed by atoms with Crippen molar-refractivity contribution in [3.63, 3.8) is 0 Å². The summed E-state index contributed by atoms with van der Waals surface area (Å²) in [5, 5.41) is 1.08. The molecule has 0 aliphatic heterocycles. The average Bonchev–Trinajstić information content (AvgIpc) is 2.40. The molecule has 21 heavy (non-hydrogen) atoms. The number of ether oxygens (including phenoxy) is 1. The molecule has 5 heteroatoms. The van der Waals surface area contributed by atoms with E-state index in [4.69, 9.17) is 33.7 Å². The maximum Gasteiger partial charge on any atom is 0.141 e. The van der Waals surface area contributed by atoms with Gasteiger partial charge in [0.2, 0.25) is 0 Å². The molecule has 0 saturated heterocycles. The highest BCUT2D eigenvalue weighted by Gasteiger charge is 2.08. The fraction of sp³-hybridized carbons (Fsp3) is 0.250. The van der Waals surface area contributed by atoms with E-state index < -0.39 is 0 Å². The Bertz CT molecular complexity index is 613. The molecule has 1 unspecified atom stereocenters. The summed E-state index contributed by atoms with van der Waals surface area (Å²) in [5.74, 6) is 1.31. The summed E-state index contributed by atoms with van der Waals surface area (Å²) in [6.07, 6.45) is 1.80. The van der Waals surface area contributed by atoms with Crippen molar-refractivity contribution >= 4 is 39.1 Å². The quantitative estimate of drug-likeness (QED) is 0.699. The summed E-state index contributed by atoms with van der Waals surface area (Å²) >= 11 is 15.5. The third-order valence-electron chi connectivity index (χ3n) is 3.08. The monoisotopic (exact) mass is 387 g/mol. The second-order valence-electron chi connectivity index (χ2n) is 4.84. The van der Waals surface area contributed by atoms with Crippen molar-refractivity contribution in [2.24, 2.45) is 5.73 Å². The molecule has 0 radical (unpaired) electrons. The van der Waals surface area contributed by atoms with Crippen LogP contribution in [0, 0.1) is 0 Å². The van der Waals surface area contributed by atoms with Crippen molar-refractivity contribution in [3.8, 4) is 11.5 Å². The molecular formula is C16H16BrCl2NO. The van der Waals surface area contributed by atoms with E-state index in [1.54, 1.807) is 18.2 Å². The lowest BCUT2D eigenvalue weighted by molar-refractivity contribution is 0.479. The molecule has 0 aromatic heterocycles. The molecule has 2 aromatic carbocycles. The van der Waals surface area contributed by atoms with Gasteiger partial charge in [-0.1, -0.05) is 36.2 Å². The van der Waals surface area contributed by atoms with Crippen LogP contribution in [-0.2, 0) is 6.42 Å². The minimum Gasteiger partial charge on any atom is -0.456 e. The molecule has 2 N–H and O–H groups in total. The Kier molecular flexibility index (Phi) is 5.94. The van der Waals surface area contributed by atoms with Gasteiger partial charge in [0.25, 0.3) is 0 Å². The van der Waals surface area contributed by atoms with Crippen LogP contribution in [0.1, 0.15) is 18.9 Å². The maximum absolute atomic E-state index is 5.97. The van der Waals surface area contributed by atoms with Crippen LogP contribution < -0.4 is 10.5 Å². The Morgan fingerprint density at radius 2 is 1.81 bits per heavy atom. The summed E-state index contributed by atoms with van der Waals surface area (Å²) in [5.41, 5.74) is 7.15. The van der Waals surface area contributed by atoms with E-state index in [0.29, 0.717) is 21.5 Å². The van der Waals surface area contributed by atoms with Gasteiger partial charge in [0.1, 0.15) is 11.5 Å². The average molecular weight is 389 g/mol. The molecule has 112 valence electrons. The van der Waals surface area contributed by atoms with Gasteiger partial charge < -0.3 is 10.5 Å². The third kappa shape index (κ3) is 4.89. The SMILES string of the molecule is CCC(N)Cc1ccc(Oc2cc(Cl)cc(Cl)c2)c(Br)c1. The molecule has 0 amide bonds. The molecule has 1 atom stereocenters. The lowest BCUT2D eigenvalue weighted by atomic mass is 10.0. The molecule has 2 aromatic rings. The number of rotatable bonds is 5. The van der Waals surface area contributed by atoms with Gasteiger partial charge in [-0.15, -0.1) is 0 Å². The van der Waals surface area contributed by atoms with E-state index in [1.165, 1.54) is 5.56 Å². The van der Waals surface area contributed by atoms with Gasteiger partial charge in [-0.2, -0.15) is 0 Å². The lowest BCUT2D eigenvalue weighted by Crippen LogP contribution is -2.21. The maximum atomic E-state index is 5.97. The summed E-state index contributed by atoms with van der Waals surface area (Å²) in [4.78, 5) is 0. The smallest absolute Gasteiger partial charge is 0.141 e. The van der Waals surface area contributed by atoms with Gasteiger partial charge in [-0.25, -0.2) is 0 Å². The van der Waals surface area contributed by atoms with Crippen LogP contribution >= 0.6 is 39.1 Å². The summed E-state index contributed by atoms with van der Waals surface area (Å²) in [6, 6.07) is 11.2. The molecule has 0 fully saturated rings. The molecule has 0 spiro atoms. The normalized spacial score (nSPS) is 12.2. The molecule has 0 heterocycles. The van der Waals surface area contributed by atoms with Crippen molar-refractivity contribution in [2.45, 2.75) is 25.8 Å². The van der Waals surface area contributed by atoms with E-state index in [2.05, 4.69) is 22.9 Å². The fourth-order valence-electron chi connectivity index (χ4n) is 1.92. The number of nitrogens with two attached hydrogens (primary N) is 1. The minimum atomic E-state index is 0.176. The Labute approximate surface area is 143 Å². The number of halogens is 3. The van der Waals surface area contributed by atoms with Gasteiger partial charge in [0, 0.05) is 16.1 Å². The van der Waals surface area contributed by atoms with Crippen LogP contribution in [0.5, 0.6) is 11.5 Å². The first-order valence-electron chi connectivity index (χ1n) is 6.66. The molecule has 2 nitrogen and oxygen atoms in total. The van der Waals surface area contributed by atoms with Crippen LogP contribution in [0.2, 0.25) is 10.0 Å². The van der Waals surface area contributed by atoms with Gasteiger partial charge >= 0.3 is 0 Å². The first-order chi connectivity index (χ1) is 9.97. The van der Waals surface area contributed by atoms with Gasteiger partial charge in [-0.05, 0) is 64.7 Å². The van der Waals surface area contributed by atoms with Crippen LogP contribution in [0.25, 0.3) is 0 Å².